The second-order valence-electron chi connectivity index (χ2n) is 5.48. The van der Waals surface area contributed by atoms with Crippen LogP contribution in [0, 0.1) is 5.41 Å². The zero-order valence-electron chi connectivity index (χ0n) is 11.2. The van der Waals surface area contributed by atoms with Crippen molar-refractivity contribution in [3.05, 3.63) is 24.5 Å². The van der Waals surface area contributed by atoms with Crippen LogP contribution in [0.5, 0.6) is 0 Å². The van der Waals surface area contributed by atoms with Gasteiger partial charge in [-0.25, -0.2) is 0 Å². The maximum absolute atomic E-state index is 4.11. The summed E-state index contributed by atoms with van der Waals surface area (Å²) in [7, 11) is 0. The molecule has 3 rings (SSSR count). The van der Waals surface area contributed by atoms with Crippen molar-refractivity contribution >= 4 is 30.5 Å². The van der Waals surface area contributed by atoms with Crippen LogP contribution in [0.2, 0.25) is 0 Å². The predicted octanol–water partition coefficient (Wildman–Crippen LogP) is 2.90. The molecule has 1 N–H and O–H groups in total. The number of hydrogen-bond donors (Lipinski definition) is 1. The van der Waals surface area contributed by atoms with E-state index in [2.05, 4.69) is 27.3 Å². The van der Waals surface area contributed by atoms with Crippen LogP contribution in [0.3, 0.4) is 0 Å². The minimum absolute atomic E-state index is 0. The lowest BCUT2D eigenvalue weighted by Crippen LogP contribution is -2.48. The highest BCUT2D eigenvalue weighted by Crippen LogP contribution is 2.39. The Bertz CT molecular complexity index is 361. The van der Waals surface area contributed by atoms with Gasteiger partial charge in [-0.2, -0.15) is 0 Å². The Morgan fingerprint density at radius 3 is 2.42 bits per heavy atom. The molecule has 0 amide bonds. The van der Waals surface area contributed by atoms with E-state index in [0.717, 1.165) is 0 Å². The molecule has 0 bridgehead atoms. The summed E-state index contributed by atoms with van der Waals surface area (Å²) in [6.07, 6.45) is 9.24. The fourth-order valence-electron chi connectivity index (χ4n) is 3.35. The average Bonchev–Trinajstić information content (AvgIpc) is 2.41. The molecule has 0 unspecified atom stereocenters. The summed E-state index contributed by atoms with van der Waals surface area (Å²) in [5.74, 6) is 0. The van der Waals surface area contributed by atoms with Crippen LogP contribution in [-0.2, 0) is 0 Å². The lowest BCUT2D eigenvalue weighted by atomic mass is 9.73. The number of hydrogen-bond acceptors (Lipinski definition) is 3. The fraction of sp³-hybridized carbons (Fsp3) is 0.643. The molecule has 0 aromatic carbocycles. The first-order valence-corrected chi connectivity index (χ1v) is 6.74. The van der Waals surface area contributed by atoms with Gasteiger partial charge in [0.2, 0.25) is 0 Å². The van der Waals surface area contributed by atoms with E-state index in [1.165, 1.54) is 57.5 Å². The van der Waals surface area contributed by atoms with Gasteiger partial charge in [-0.3, -0.25) is 4.98 Å². The number of halogens is 2. The van der Waals surface area contributed by atoms with Crippen LogP contribution in [-0.4, -0.2) is 31.2 Å². The van der Waals surface area contributed by atoms with Gasteiger partial charge in [0, 0.05) is 31.2 Å². The van der Waals surface area contributed by atoms with E-state index in [0.29, 0.717) is 5.41 Å². The van der Waals surface area contributed by atoms with Gasteiger partial charge in [-0.1, -0.05) is 0 Å². The Morgan fingerprint density at radius 2 is 1.74 bits per heavy atom. The molecule has 0 radical (unpaired) electrons. The third-order valence-corrected chi connectivity index (χ3v) is 4.35. The zero-order valence-corrected chi connectivity index (χ0v) is 12.8. The highest BCUT2D eigenvalue weighted by atomic mass is 35.5. The first kappa shape index (κ1) is 16.5. The summed E-state index contributed by atoms with van der Waals surface area (Å²) >= 11 is 0. The molecule has 0 atom stereocenters. The van der Waals surface area contributed by atoms with E-state index in [4.69, 9.17) is 0 Å². The fourth-order valence-corrected chi connectivity index (χ4v) is 3.35. The molecule has 5 heteroatoms. The van der Waals surface area contributed by atoms with E-state index in [9.17, 15) is 0 Å². The van der Waals surface area contributed by atoms with Crippen molar-refractivity contribution in [3.63, 3.8) is 0 Å². The molecule has 108 valence electrons. The Balaban J connectivity index is 0.000000902. The van der Waals surface area contributed by atoms with Gasteiger partial charge >= 0.3 is 0 Å². The van der Waals surface area contributed by atoms with Gasteiger partial charge in [0.05, 0.1) is 0 Å². The van der Waals surface area contributed by atoms with Crippen LogP contribution < -0.4 is 10.2 Å². The number of nitrogens with one attached hydrogen (secondary N) is 1. The third-order valence-electron chi connectivity index (χ3n) is 4.35. The van der Waals surface area contributed by atoms with Crippen molar-refractivity contribution in [2.24, 2.45) is 5.41 Å². The van der Waals surface area contributed by atoms with Gasteiger partial charge in [0.25, 0.3) is 0 Å². The summed E-state index contributed by atoms with van der Waals surface area (Å²) in [5.41, 5.74) is 1.92. The lowest BCUT2D eigenvalue weighted by Gasteiger charge is -2.46. The molecule has 3 nitrogen and oxygen atoms in total. The van der Waals surface area contributed by atoms with Crippen molar-refractivity contribution in [3.8, 4) is 0 Å². The third kappa shape index (κ3) is 3.74. The summed E-state index contributed by atoms with van der Waals surface area (Å²) < 4.78 is 0. The summed E-state index contributed by atoms with van der Waals surface area (Å²) in [6, 6.07) is 4.28. The first-order chi connectivity index (χ1) is 8.38. The van der Waals surface area contributed by atoms with Crippen molar-refractivity contribution in [1.29, 1.82) is 0 Å². The topological polar surface area (TPSA) is 28.2 Å². The second-order valence-corrected chi connectivity index (χ2v) is 5.48. The molecular formula is C14H23Cl2N3. The number of rotatable bonds is 1. The smallest absolute Gasteiger partial charge is 0.0397 e. The molecule has 1 aromatic heterocycles. The molecule has 1 aromatic rings. The monoisotopic (exact) mass is 303 g/mol. The Morgan fingerprint density at radius 1 is 1.05 bits per heavy atom. The normalized spacial score (nSPS) is 21.4. The van der Waals surface area contributed by atoms with Crippen LogP contribution in [0.15, 0.2) is 24.5 Å². The Hall–Kier alpha value is -0.510. The Labute approximate surface area is 128 Å². The number of piperidine rings is 2. The number of aromatic nitrogens is 1. The molecule has 2 saturated heterocycles. The van der Waals surface area contributed by atoms with E-state index in [1.54, 1.807) is 0 Å². The molecule has 0 aliphatic carbocycles. The van der Waals surface area contributed by atoms with E-state index in [1.807, 2.05) is 12.4 Å². The molecule has 0 saturated carbocycles. The summed E-state index contributed by atoms with van der Waals surface area (Å²) in [5, 5.41) is 3.48. The van der Waals surface area contributed by atoms with E-state index < -0.39 is 0 Å². The minimum atomic E-state index is 0. The van der Waals surface area contributed by atoms with Crippen LogP contribution in [0.25, 0.3) is 0 Å². The number of anilines is 1. The molecule has 2 fully saturated rings. The van der Waals surface area contributed by atoms with E-state index in [-0.39, 0.29) is 24.8 Å². The maximum atomic E-state index is 4.11. The molecule has 2 aliphatic heterocycles. The molecule has 1 spiro atoms. The number of nitrogens with zero attached hydrogens (tertiary/aromatic N) is 2. The van der Waals surface area contributed by atoms with Gasteiger partial charge in [0.1, 0.15) is 0 Å². The Kier molecular flexibility index (Phi) is 6.37. The average molecular weight is 304 g/mol. The van der Waals surface area contributed by atoms with Crippen LogP contribution in [0.4, 0.5) is 5.69 Å². The number of pyridine rings is 1. The molecule has 3 heterocycles. The highest BCUT2D eigenvalue weighted by Gasteiger charge is 2.36. The van der Waals surface area contributed by atoms with Crippen molar-refractivity contribution in [2.75, 3.05) is 31.1 Å². The van der Waals surface area contributed by atoms with Gasteiger partial charge in [-0.15, -0.1) is 24.8 Å². The quantitative estimate of drug-likeness (QED) is 0.865. The van der Waals surface area contributed by atoms with Gasteiger partial charge in [-0.05, 0) is 56.3 Å². The van der Waals surface area contributed by atoms with E-state index >= 15 is 0 Å². The maximum Gasteiger partial charge on any atom is 0.0397 e. The minimum Gasteiger partial charge on any atom is -0.371 e. The van der Waals surface area contributed by atoms with Crippen molar-refractivity contribution in [1.82, 2.24) is 10.3 Å². The molecule has 2 aliphatic rings. The largest absolute Gasteiger partial charge is 0.371 e. The summed E-state index contributed by atoms with van der Waals surface area (Å²) in [6.45, 7) is 4.84. The summed E-state index contributed by atoms with van der Waals surface area (Å²) in [4.78, 5) is 6.66. The lowest BCUT2D eigenvalue weighted by molar-refractivity contribution is 0.167. The van der Waals surface area contributed by atoms with Crippen LogP contribution in [0.1, 0.15) is 25.7 Å². The first-order valence-electron chi connectivity index (χ1n) is 6.74. The highest BCUT2D eigenvalue weighted by molar-refractivity contribution is 5.85. The standard InChI is InChI=1S/C14H21N3.2ClH/c1-4-14(5-9-16-10-6-14)12-17(11-1)13-2-7-15-8-3-13;;/h2-3,7-8,16H,1,4-6,9-12H2;2*1H. The SMILES string of the molecule is Cl.Cl.c1cc(N2CCCC3(CCNCC3)C2)ccn1. The zero-order chi connectivity index (χ0) is 11.6. The van der Waals surface area contributed by atoms with Gasteiger partial charge < -0.3 is 10.2 Å². The van der Waals surface area contributed by atoms with Gasteiger partial charge in [0.15, 0.2) is 0 Å². The van der Waals surface area contributed by atoms with Crippen molar-refractivity contribution < 1.29 is 0 Å². The second kappa shape index (κ2) is 7.32. The molecular weight excluding hydrogens is 281 g/mol. The molecule has 19 heavy (non-hydrogen) atoms. The van der Waals surface area contributed by atoms with Crippen LogP contribution >= 0.6 is 24.8 Å². The van der Waals surface area contributed by atoms with Crippen molar-refractivity contribution in [2.45, 2.75) is 25.7 Å². The predicted molar refractivity (Wildman–Crippen MR) is 84.7 cm³/mol.